The third-order valence-electron chi connectivity index (χ3n) is 2.02. The monoisotopic (exact) mass is 193 g/mol. The molecule has 0 unspecified atom stereocenters. The summed E-state index contributed by atoms with van der Waals surface area (Å²) >= 11 is 0. The van der Waals surface area contributed by atoms with Crippen molar-refractivity contribution in [3.05, 3.63) is 0 Å². The van der Waals surface area contributed by atoms with Crippen molar-refractivity contribution in [2.45, 2.75) is 19.3 Å². The molecule has 1 rings (SSSR count). The molecule has 0 aromatic rings. The van der Waals surface area contributed by atoms with Gasteiger partial charge in [0.2, 0.25) is 5.91 Å². The Balaban J connectivity index is 2.21. The van der Waals surface area contributed by atoms with Crippen LogP contribution in [0.25, 0.3) is 0 Å². The molecule has 0 saturated carbocycles. The molecule has 0 aromatic carbocycles. The summed E-state index contributed by atoms with van der Waals surface area (Å²) in [5.74, 6) is -0.420. The second-order valence-corrected chi connectivity index (χ2v) is 3.02. The Kier molecular flexibility index (Phi) is 4.08. The fraction of sp³-hybridized carbons (Fsp3) is 0.875. The van der Waals surface area contributed by atoms with E-state index in [4.69, 9.17) is 4.74 Å². The van der Waals surface area contributed by atoms with Gasteiger partial charge in [0.1, 0.15) is 0 Å². The molecule has 1 aliphatic heterocycles. The van der Waals surface area contributed by atoms with Gasteiger partial charge in [-0.2, -0.15) is 0 Å². The number of hydrogen-bond donors (Lipinski definition) is 1. The number of alkyl halides is 2. The molecule has 76 valence electrons. The van der Waals surface area contributed by atoms with Crippen LogP contribution >= 0.6 is 0 Å². The van der Waals surface area contributed by atoms with Gasteiger partial charge in [-0.1, -0.05) is 0 Å². The van der Waals surface area contributed by atoms with Gasteiger partial charge in [0.15, 0.2) is 0 Å². The van der Waals surface area contributed by atoms with Crippen LogP contribution < -0.4 is 5.32 Å². The van der Waals surface area contributed by atoms with E-state index < -0.39 is 13.0 Å². The molecule has 0 radical (unpaired) electrons. The summed E-state index contributed by atoms with van der Waals surface area (Å²) in [4.78, 5) is 11.2. The van der Waals surface area contributed by atoms with E-state index in [1.54, 1.807) is 0 Å². The van der Waals surface area contributed by atoms with Crippen molar-refractivity contribution >= 4 is 5.91 Å². The van der Waals surface area contributed by atoms with Crippen LogP contribution in [-0.4, -0.2) is 32.1 Å². The summed E-state index contributed by atoms with van der Waals surface area (Å²) in [5.41, 5.74) is 0. The molecule has 1 fully saturated rings. The van der Waals surface area contributed by atoms with Crippen molar-refractivity contribution < 1.29 is 18.3 Å². The van der Waals surface area contributed by atoms with E-state index in [0.717, 1.165) is 0 Å². The number of amides is 1. The highest BCUT2D eigenvalue weighted by Crippen LogP contribution is 2.14. The number of rotatable bonds is 3. The molecule has 1 heterocycles. The first-order valence-corrected chi connectivity index (χ1v) is 4.33. The second-order valence-electron chi connectivity index (χ2n) is 3.02. The predicted molar refractivity (Wildman–Crippen MR) is 42.6 cm³/mol. The number of carbonyl (C=O) groups excluding carboxylic acids is 1. The lowest BCUT2D eigenvalue weighted by Gasteiger charge is -2.20. The minimum absolute atomic E-state index is 0.146. The van der Waals surface area contributed by atoms with E-state index in [2.05, 4.69) is 5.32 Å². The Hall–Kier alpha value is -0.710. The third kappa shape index (κ3) is 3.67. The lowest BCUT2D eigenvalue weighted by molar-refractivity contribution is -0.128. The van der Waals surface area contributed by atoms with Crippen LogP contribution in [0.4, 0.5) is 8.78 Å². The molecule has 0 bridgehead atoms. The first-order chi connectivity index (χ1) is 6.20. The van der Waals surface area contributed by atoms with E-state index in [1.807, 2.05) is 0 Å². The summed E-state index contributed by atoms with van der Waals surface area (Å²) in [5, 5.41) is 2.21. The van der Waals surface area contributed by atoms with E-state index in [1.165, 1.54) is 0 Å². The highest BCUT2D eigenvalue weighted by atomic mass is 19.3. The van der Waals surface area contributed by atoms with Crippen molar-refractivity contribution in [3.63, 3.8) is 0 Å². The number of nitrogens with one attached hydrogen (secondary N) is 1. The molecule has 1 saturated heterocycles. The summed E-state index contributed by atoms with van der Waals surface area (Å²) in [6.45, 7) is 0.551. The average Bonchev–Trinajstić information content (AvgIpc) is 2.15. The molecular formula is C8H13F2NO2. The van der Waals surface area contributed by atoms with E-state index >= 15 is 0 Å². The normalized spacial score (nSPS) is 19.0. The zero-order chi connectivity index (χ0) is 9.68. The van der Waals surface area contributed by atoms with Gasteiger partial charge in [-0.3, -0.25) is 4.79 Å². The van der Waals surface area contributed by atoms with Crippen LogP contribution in [0.15, 0.2) is 0 Å². The van der Waals surface area contributed by atoms with Crippen LogP contribution in [0.2, 0.25) is 0 Å². The molecule has 1 aliphatic rings. The standard InChI is InChI=1S/C8H13F2NO2/c9-7(10)5-11-8(12)6-1-3-13-4-2-6/h6-7H,1-5H2,(H,11,12). The van der Waals surface area contributed by atoms with Crippen molar-refractivity contribution in [2.24, 2.45) is 5.92 Å². The molecule has 0 aliphatic carbocycles. The lowest BCUT2D eigenvalue weighted by atomic mass is 9.99. The van der Waals surface area contributed by atoms with Crippen molar-refractivity contribution in [2.75, 3.05) is 19.8 Å². The minimum atomic E-state index is -2.47. The lowest BCUT2D eigenvalue weighted by Crippen LogP contribution is -2.36. The Bertz CT molecular complexity index is 170. The average molecular weight is 193 g/mol. The number of ether oxygens (including phenoxy) is 1. The highest BCUT2D eigenvalue weighted by molar-refractivity contribution is 5.78. The zero-order valence-corrected chi connectivity index (χ0v) is 7.26. The maximum Gasteiger partial charge on any atom is 0.255 e. The van der Waals surface area contributed by atoms with Crippen LogP contribution in [0, 0.1) is 5.92 Å². The maximum absolute atomic E-state index is 11.7. The van der Waals surface area contributed by atoms with Gasteiger partial charge in [0, 0.05) is 19.1 Å². The van der Waals surface area contributed by atoms with E-state index in [-0.39, 0.29) is 11.8 Å². The topological polar surface area (TPSA) is 38.3 Å². The van der Waals surface area contributed by atoms with Gasteiger partial charge in [-0.05, 0) is 12.8 Å². The molecule has 5 heteroatoms. The van der Waals surface area contributed by atoms with E-state index in [0.29, 0.717) is 26.1 Å². The molecule has 0 atom stereocenters. The SMILES string of the molecule is O=C(NCC(F)F)C1CCOCC1. The summed E-state index contributed by atoms with van der Waals surface area (Å²) in [6, 6.07) is 0. The van der Waals surface area contributed by atoms with Crippen LogP contribution in [0.1, 0.15) is 12.8 Å². The number of halogens is 2. The maximum atomic E-state index is 11.7. The van der Waals surface area contributed by atoms with Gasteiger partial charge in [-0.15, -0.1) is 0 Å². The minimum Gasteiger partial charge on any atom is -0.381 e. The zero-order valence-electron chi connectivity index (χ0n) is 7.26. The third-order valence-corrected chi connectivity index (χ3v) is 2.02. The van der Waals surface area contributed by atoms with Crippen LogP contribution in [-0.2, 0) is 9.53 Å². The highest BCUT2D eigenvalue weighted by Gasteiger charge is 2.21. The molecule has 0 spiro atoms. The largest absolute Gasteiger partial charge is 0.381 e. The fourth-order valence-electron chi connectivity index (χ4n) is 1.28. The fourth-order valence-corrected chi connectivity index (χ4v) is 1.28. The number of carbonyl (C=O) groups is 1. The molecule has 3 nitrogen and oxygen atoms in total. The van der Waals surface area contributed by atoms with Gasteiger partial charge >= 0.3 is 0 Å². The molecule has 1 amide bonds. The van der Waals surface area contributed by atoms with Crippen LogP contribution in [0.5, 0.6) is 0 Å². The Labute approximate surface area is 75.4 Å². The Morgan fingerprint density at radius 2 is 2.08 bits per heavy atom. The predicted octanol–water partition coefficient (Wildman–Crippen LogP) is 0.794. The first-order valence-electron chi connectivity index (χ1n) is 4.33. The molecule has 1 N–H and O–H groups in total. The summed E-state index contributed by atoms with van der Waals surface area (Å²) in [6.07, 6.45) is -1.20. The van der Waals surface area contributed by atoms with Crippen molar-refractivity contribution in [1.82, 2.24) is 5.32 Å². The van der Waals surface area contributed by atoms with Gasteiger partial charge < -0.3 is 10.1 Å². The molecule has 0 aromatic heterocycles. The second kappa shape index (κ2) is 5.11. The Morgan fingerprint density at radius 3 is 2.62 bits per heavy atom. The molecule has 13 heavy (non-hydrogen) atoms. The Morgan fingerprint density at radius 1 is 1.46 bits per heavy atom. The van der Waals surface area contributed by atoms with E-state index in [9.17, 15) is 13.6 Å². The summed E-state index contributed by atoms with van der Waals surface area (Å²) < 4.78 is 28.5. The van der Waals surface area contributed by atoms with Gasteiger partial charge in [0.25, 0.3) is 6.43 Å². The quantitative estimate of drug-likeness (QED) is 0.719. The van der Waals surface area contributed by atoms with Gasteiger partial charge in [0.05, 0.1) is 6.54 Å². The molecular weight excluding hydrogens is 180 g/mol. The number of hydrogen-bond acceptors (Lipinski definition) is 2. The first kappa shape index (κ1) is 10.4. The van der Waals surface area contributed by atoms with Crippen LogP contribution in [0.3, 0.4) is 0 Å². The smallest absolute Gasteiger partial charge is 0.255 e. The van der Waals surface area contributed by atoms with Crippen molar-refractivity contribution in [3.8, 4) is 0 Å². The van der Waals surface area contributed by atoms with Crippen molar-refractivity contribution in [1.29, 1.82) is 0 Å². The summed E-state index contributed by atoms with van der Waals surface area (Å²) in [7, 11) is 0. The van der Waals surface area contributed by atoms with Gasteiger partial charge in [-0.25, -0.2) is 8.78 Å².